The number of benzene rings is 1. The Morgan fingerprint density at radius 2 is 2.04 bits per heavy atom. The van der Waals surface area contributed by atoms with Crippen LogP contribution in [0.25, 0.3) is 0 Å². The highest BCUT2D eigenvalue weighted by molar-refractivity contribution is 14.0. The lowest BCUT2D eigenvalue weighted by atomic mass is 10.2. The van der Waals surface area contributed by atoms with Gasteiger partial charge in [0, 0.05) is 31.5 Å². The molecular formula is C19H32IN3O2S. The second kappa shape index (κ2) is 13.5. The van der Waals surface area contributed by atoms with Crippen LogP contribution in [0.3, 0.4) is 0 Å². The van der Waals surface area contributed by atoms with Crippen LogP contribution in [0.15, 0.2) is 29.3 Å². The van der Waals surface area contributed by atoms with Crippen LogP contribution in [-0.4, -0.2) is 50.8 Å². The van der Waals surface area contributed by atoms with E-state index in [0.717, 1.165) is 42.1 Å². The zero-order valence-corrected chi connectivity index (χ0v) is 19.1. The maximum Gasteiger partial charge on any atom is 0.191 e. The van der Waals surface area contributed by atoms with E-state index in [1.54, 1.807) is 7.11 Å². The minimum atomic E-state index is 0. The number of hydrogen-bond donors (Lipinski definition) is 2. The first kappa shape index (κ1) is 23.4. The molecule has 0 amide bonds. The Bertz CT molecular complexity index is 528. The number of nitrogens with zero attached hydrogens (tertiary/aromatic N) is 1. The molecule has 1 aromatic rings. The third-order valence-corrected chi connectivity index (χ3v) is 5.56. The van der Waals surface area contributed by atoms with E-state index in [1.165, 1.54) is 19.3 Å². The topological polar surface area (TPSA) is 54.9 Å². The molecule has 0 saturated heterocycles. The van der Waals surface area contributed by atoms with Crippen LogP contribution in [0, 0.1) is 0 Å². The van der Waals surface area contributed by atoms with Crippen molar-refractivity contribution in [3.8, 4) is 5.75 Å². The van der Waals surface area contributed by atoms with Gasteiger partial charge in [0.05, 0.1) is 13.7 Å². The molecule has 0 aromatic heterocycles. The fourth-order valence-corrected chi connectivity index (χ4v) is 3.76. The van der Waals surface area contributed by atoms with Crippen molar-refractivity contribution in [1.29, 1.82) is 0 Å². The summed E-state index contributed by atoms with van der Waals surface area (Å²) in [6.07, 6.45) is 6.92. The van der Waals surface area contributed by atoms with Crippen LogP contribution >= 0.6 is 35.7 Å². The Kier molecular flexibility index (Phi) is 12.1. The first-order valence-corrected chi connectivity index (χ1v) is 10.2. The largest absolute Gasteiger partial charge is 0.497 e. The highest BCUT2D eigenvalue weighted by atomic mass is 127. The van der Waals surface area contributed by atoms with Crippen LogP contribution in [0.2, 0.25) is 0 Å². The summed E-state index contributed by atoms with van der Waals surface area (Å²) in [6.45, 7) is 2.23. The molecule has 2 atom stereocenters. The quantitative estimate of drug-likeness (QED) is 0.238. The van der Waals surface area contributed by atoms with Gasteiger partial charge in [0.2, 0.25) is 0 Å². The molecule has 2 N–H and O–H groups in total. The summed E-state index contributed by atoms with van der Waals surface area (Å²) in [4.78, 5) is 4.32. The van der Waals surface area contributed by atoms with Crippen LogP contribution in [-0.2, 0) is 11.3 Å². The number of aliphatic imine (C=N–C) groups is 1. The molecule has 5 nitrogen and oxygen atoms in total. The molecule has 0 radical (unpaired) electrons. The number of nitrogens with one attached hydrogen (secondary N) is 2. The third-order valence-electron chi connectivity index (χ3n) is 4.47. The molecule has 1 fully saturated rings. The predicted octanol–water partition coefficient (Wildman–Crippen LogP) is 3.67. The van der Waals surface area contributed by atoms with Gasteiger partial charge in [-0.05, 0) is 49.6 Å². The van der Waals surface area contributed by atoms with Crippen molar-refractivity contribution in [2.75, 3.05) is 33.6 Å². The van der Waals surface area contributed by atoms with E-state index in [-0.39, 0.29) is 24.0 Å². The highest BCUT2D eigenvalue weighted by Crippen LogP contribution is 2.27. The van der Waals surface area contributed by atoms with Gasteiger partial charge in [-0.3, -0.25) is 4.99 Å². The Hall–Kier alpha value is -0.670. The lowest BCUT2D eigenvalue weighted by Gasteiger charge is -2.17. The van der Waals surface area contributed by atoms with Crippen LogP contribution in [0.4, 0.5) is 0 Å². The maximum absolute atomic E-state index is 5.73. The Morgan fingerprint density at radius 3 is 2.65 bits per heavy atom. The molecule has 1 aromatic carbocycles. The van der Waals surface area contributed by atoms with Gasteiger partial charge >= 0.3 is 0 Å². The van der Waals surface area contributed by atoms with Crippen LogP contribution in [0.1, 0.15) is 31.2 Å². The molecule has 26 heavy (non-hydrogen) atoms. The molecule has 1 aliphatic carbocycles. The smallest absolute Gasteiger partial charge is 0.191 e. The van der Waals surface area contributed by atoms with E-state index in [4.69, 9.17) is 9.47 Å². The number of methoxy groups -OCH3 is 1. The van der Waals surface area contributed by atoms with Crippen molar-refractivity contribution < 1.29 is 9.47 Å². The summed E-state index contributed by atoms with van der Waals surface area (Å²) in [5.41, 5.74) is 1.16. The number of halogens is 1. The molecule has 0 bridgehead atoms. The summed E-state index contributed by atoms with van der Waals surface area (Å²) in [7, 11) is 3.51. The van der Waals surface area contributed by atoms with Crippen molar-refractivity contribution in [1.82, 2.24) is 10.6 Å². The Morgan fingerprint density at radius 1 is 1.27 bits per heavy atom. The average molecular weight is 493 g/mol. The number of rotatable bonds is 9. The van der Waals surface area contributed by atoms with Crippen LogP contribution < -0.4 is 15.4 Å². The lowest BCUT2D eigenvalue weighted by molar-refractivity contribution is 0.119. The van der Waals surface area contributed by atoms with Gasteiger partial charge in [0.1, 0.15) is 5.75 Å². The van der Waals surface area contributed by atoms with E-state index in [1.807, 2.05) is 43.1 Å². The van der Waals surface area contributed by atoms with Gasteiger partial charge in [0.25, 0.3) is 0 Å². The molecule has 7 heteroatoms. The summed E-state index contributed by atoms with van der Waals surface area (Å²) in [5.74, 6) is 1.78. The van der Waals surface area contributed by atoms with Crippen molar-refractivity contribution in [3.05, 3.63) is 29.8 Å². The van der Waals surface area contributed by atoms with Crippen molar-refractivity contribution in [2.45, 2.75) is 43.6 Å². The van der Waals surface area contributed by atoms with E-state index < -0.39 is 0 Å². The zero-order chi connectivity index (χ0) is 17.9. The molecule has 1 saturated carbocycles. The van der Waals surface area contributed by atoms with Crippen molar-refractivity contribution >= 4 is 41.7 Å². The first-order chi connectivity index (χ1) is 12.2. The van der Waals surface area contributed by atoms with E-state index in [2.05, 4.69) is 21.9 Å². The normalized spacial score (nSPS) is 19.7. The molecule has 2 rings (SSSR count). The zero-order valence-electron chi connectivity index (χ0n) is 16.0. The number of thioether (sulfide) groups is 1. The SMILES string of the molecule is CN=C(NCCCOCc1ccc(OC)cc1)NC1CCC(SC)C1.I. The fourth-order valence-electron chi connectivity index (χ4n) is 2.97. The first-order valence-electron chi connectivity index (χ1n) is 8.95. The average Bonchev–Trinajstić information content (AvgIpc) is 3.11. The molecular weight excluding hydrogens is 461 g/mol. The van der Waals surface area contributed by atoms with Crippen molar-refractivity contribution in [3.63, 3.8) is 0 Å². The minimum Gasteiger partial charge on any atom is -0.497 e. The number of hydrogen-bond acceptors (Lipinski definition) is 4. The van der Waals surface area contributed by atoms with Gasteiger partial charge in [-0.25, -0.2) is 0 Å². The summed E-state index contributed by atoms with van der Waals surface area (Å²) < 4.78 is 10.9. The second-order valence-electron chi connectivity index (χ2n) is 6.27. The molecule has 0 spiro atoms. The minimum absolute atomic E-state index is 0. The standard InChI is InChI=1S/C19H31N3O2S.HI/c1-20-19(22-16-7-10-18(13-16)25-3)21-11-4-12-24-14-15-5-8-17(23-2)9-6-15;/h5-6,8-9,16,18H,4,7,10-14H2,1-3H3,(H2,20,21,22);1H. The van der Waals surface area contributed by atoms with E-state index in [9.17, 15) is 0 Å². The van der Waals surface area contributed by atoms with Crippen molar-refractivity contribution in [2.24, 2.45) is 4.99 Å². The lowest BCUT2D eigenvalue weighted by Crippen LogP contribution is -2.43. The van der Waals surface area contributed by atoms with Gasteiger partial charge in [-0.2, -0.15) is 11.8 Å². The van der Waals surface area contributed by atoms with Gasteiger partial charge < -0.3 is 20.1 Å². The van der Waals surface area contributed by atoms with Gasteiger partial charge in [-0.15, -0.1) is 24.0 Å². The number of guanidine groups is 1. The molecule has 148 valence electrons. The summed E-state index contributed by atoms with van der Waals surface area (Å²) >= 11 is 1.97. The molecule has 1 aliphatic rings. The summed E-state index contributed by atoms with van der Waals surface area (Å²) in [6, 6.07) is 8.54. The van der Waals surface area contributed by atoms with E-state index >= 15 is 0 Å². The van der Waals surface area contributed by atoms with E-state index in [0.29, 0.717) is 12.6 Å². The fraction of sp³-hybridized carbons (Fsp3) is 0.632. The predicted molar refractivity (Wildman–Crippen MR) is 122 cm³/mol. The molecule has 2 unspecified atom stereocenters. The maximum atomic E-state index is 5.73. The molecule has 0 heterocycles. The van der Waals surface area contributed by atoms with Gasteiger partial charge in [0.15, 0.2) is 5.96 Å². The Balaban J connectivity index is 0.00000338. The molecule has 0 aliphatic heterocycles. The summed E-state index contributed by atoms with van der Waals surface area (Å²) in [5, 5.41) is 7.70. The number of ether oxygens (including phenoxy) is 2. The second-order valence-corrected chi connectivity index (χ2v) is 7.40. The van der Waals surface area contributed by atoms with Gasteiger partial charge in [-0.1, -0.05) is 12.1 Å². The third kappa shape index (κ3) is 8.35. The van der Waals surface area contributed by atoms with Crippen LogP contribution in [0.5, 0.6) is 5.75 Å². The highest BCUT2D eigenvalue weighted by Gasteiger charge is 2.24. The monoisotopic (exact) mass is 493 g/mol. The Labute approximate surface area is 179 Å².